The number of nitrogen functional groups attached to an aromatic ring is 1. The normalized spacial score (nSPS) is 25.0. The highest BCUT2D eigenvalue weighted by Crippen LogP contribution is 2.18. The molecule has 0 bridgehead atoms. The number of amidine groups is 1. The fourth-order valence-electron chi connectivity index (χ4n) is 2.46. The Hall–Kier alpha value is -1.39. The van der Waals surface area contributed by atoms with Gasteiger partial charge in [-0.1, -0.05) is 25.1 Å². The summed E-state index contributed by atoms with van der Waals surface area (Å²) in [6.07, 6.45) is 0.679. The Kier molecular flexibility index (Phi) is 3.99. The number of nitrogens with zero attached hydrogens (tertiary/aromatic N) is 1. The monoisotopic (exact) mass is 247 g/mol. The molecular weight excluding hydrogens is 226 g/mol. The van der Waals surface area contributed by atoms with Gasteiger partial charge in [0.25, 0.3) is 0 Å². The van der Waals surface area contributed by atoms with Crippen LogP contribution in [0.3, 0.4) is 0 Å². The maximum absolute atomic E-state index is 9.71. The summed E-state index contributed by atoms with van der Waals surface area (Å²) in [7, 11) is 0. The predicted octanol–water partition coefficient (Wildman–Crippen LogP) is 1.17. The summed E-state index contributed by atoms with van der Waals surface area (Å²) in [6.45, 7) is 4.79. The van der Waals surface area contributed by atoms with Gasteiger partial charge in [0.05, 0.1) is 6.10 Å². The lowest BCUT2D eigenvalue weighted by Crippen LogP contribution is -2.41. The molecule has 1 aromatic rings. The van der Waals surface area contributed by atoms with Crippen LogP contribution < -0.4 is 5.73 Å². The van der Waals surface area contributed by atoms with Crippen LogP contribution in [-0.2, 0) is 6.54 Å². The van der Waals surface area contributed by atoms with Crippen molar-refractivity contribution in [3.8, 4) is 0 Å². The van der Waals surface area contributed by atoms with E-state index in [9.17, 15) is 5.11 Å². The number of piperidine rings is 1. The van der Waals surface area contributed by atoms with E-state index < -0.39 is 0 Å². The third kappa shape index (κ3) is 3.09. The van der Waals surface area contributed by atoms with Crippen LogP contribution in [0.4, 0.5) is 0 Å². The van der Waals surface area contributed by atoms with Crippen molar-refractivity contribution in [3.63, 3.8) is 0 Å². The zero-order valence-corrected chi connectivity index (χ0v) is 10.8. The third-order valence-corrected chi connectivity index (χ3v) is 3.59. The second-order valence-corrected chi connectivity index (χ2v) is 5.18. The van der Waals surface area contributed by atoms with Crippen LogP contribution in [0.5, 0.6) is 0 Å². The van der Waals surface area contributed by atoms with E-state index in [1.165, 1.54) is 5.56 Å². The van der Waals surface area contributed by atoms with Crippen LogP contribution in [-0.4, -0.2) is 35.0 Å². The van der Waals surface area contributed by atoms with Crippen molar-refractivity contribution >= 4 is 5.84 Å². The van der Waals surface area contributed by atoms with Crippen LogP contribution in [0.1, 0.15) is 24.5 Å². The van der Waals surface area contributed by atoms with Crippen molar-refractivity contribution in [2.45, 2.75) is 26.0 Å². The van der Waals surface area contributed by atoms with Crippen LogP contribution in [0.2, 0.25) is 0 Å². The van der Waals surface area contributed by atoms with Crippen molar-refractivity contribution in [1.82, 2.24) is 4.90 Å². The SMILES string of the molecule is CC1CN(Cc2cccc(C(=N)N)c2)CCC1O. The Bertz CT molecular complexity index is 433. The highest BCUT2D eigenvalue weighted by Gasteiger charge is 2.23. The molecule has 0 radical (unpaired) electrons. The molecule has 1 aliphatic rings. The number of likely N-dealkylation sites (tertiary alicyclic amines) is 1. The van der Waals surface area contributed by atoms with Gasteiger partial charge in [-0.15, -0.1) is 0 Å². The average molecular weight is 247 g/mol. The second kappa shape index (κ2) is 5.50. The maximum Gasteiger partial charge on any atom is 0.122 e. The first-order valence-corrected chi connectivity index (χ1v) is 6.40. The van der Waals surface area contributed by atoms with E-state index >= 15 is 0 Å². The fourth-order valence-corrected chi connectivity index (χ4v) is 2.46. The van der Waals surface area contributed by atoms with Gasteiger partial charge in [-0.25, -0.2) is 0 Å². The highest BCUT2D eigenvalue weighted by atomic mass is 16.3. The molecule has 0 amide bonds. The Morgan fingerprint density at radius 3 is 3.00 bits per heavy atom. The standard InChI is InChI=1S/C14H21N3O/c1-10-8-17(6-5-13(10)18)9-11-3-2-4-12(7-11)14(15)16/h2-4,7,10,13,18H,5-6,8-9H2,1H3,(H3,15,16). The molecule has 4 heteroatoms. The molecule has 0 saturated carbocycles. The van der Waals surface area contributed by atoms with Gasteiger partial charge in [0, 0.05) is 25.2 Å². The third-order valence-electron chi connectivity index (χ3n) is 3.59. The first-order chi connectivity index (χ1) is 8.56. The number of hydrogen-bond acceptors (Lipinski definition) is 3. The molecule has 2 atom stereocenters. The zero-order valence-electron chi connectivity index (χ0n) is 10.8. The van der Waals surface area contributed by atoms with E-state index in [0.717, 1.165) is 31.6 Å². The summed E-state index contributed by atoms with van der Waals surface area (Å²) in [5.41, 5.74) is 7.44. The minimum atomic E-state index is -0.162. The van der Waals surface area contributed by atoms with E-state index in [0.29, 0.717) is 5.92 Å². The van der Waals surface area contributed by atoms with Crippen molar-refractivity contribution in [3.05, 3.63) is 35.4 Å². The van der Waals surface area contributed by atoms with Gasteiger partial charge in [-0.2, -0.15) is 0 Å². The molecule has 0 spiro atoms. The lowest BCUT2D eigenvalue weighted by atomic mass is 9.96. The molecule has 1 aliphatic heterocycles. The molecule has 1 heterocycles. The van der Waals surface area contributed by atoms with E-state index in [-0.39, 0.29) is 11.9 Å². The summed E-state index contributed by atoms with van der Waals surface area (Å²) in [4.78, 5) is 2.34. The quantitative estimate of drug-likeness (QED) is 0.554. The van der Waals surface area contributed by atoms with Crippen LogP contribution in [0.25, 0.3) is 0 Å². The Morgan fingerprint density at radius 2 is 2.33 bits per heavy atom. The average Bonchev–Trinajstić information content (AvgIpc) is 2.34. The first kappa shape index (κ1) is 13.1. The number of aliphatic hydroxyl groups excluding tert-OH is 1. The number of aliphatic hydroxyl groups is 1. The molecule has 0 aliphatic carbocycles. The predicted molar refractivity (Wildman–Crippen MR) is 72.5 cm³/mol. The molecule has 4 nitrogen and oxygen atoms in total. The molecule has 0 aromatic heterocycles. The topological polar surface area (TPSA) is 73.3 Å². The molecule has 4 N–H and O–H groups in total. The number of benzene rings is 1. The number of rotatable bonds is 3. The maximum atomic E-state index is 9.71. The van der Waals surface area contributed by atoms with E-state index in [4.69, 9.17) is 11.1 Å². The fraction of sp³-hybridized carbons (Fsp3) is 0.500. The van der Waals surface area contributed by atoms with Crippen LogP contribution in [0, 0.1) is 11.3 Å². The molecule has 1 aromatic carbocycles. The highest BCUT2D eigenvalue weighted by molar-refractivity contribution is 5.95. The molecule has 98 valence electrons. The van der Waals surface area contributed by atoms with Crippen LogP contribution in [0.15, 0.2) is 24.3 Å². The van der Waals surface area contributed by atoms with Gasteiger partial charge >= 0.3 is 0 Å². The molecule has 2 unspecified atom stereocenters. The van der Waals surface area contributed by atoms with Gasteiger partial charge in [-0.3, -0.25) is 10.3 Å². The van der Waals surface area contributed by atoms with Crippen molar-refractivity contribution in [2.24, 2.45) is 11.7 Å². The lowest BCUT2D eigenvalue weighted by molar-refractivity contribution is 0.0320. The van der Waals surface area contributed by atoms with Gasteiger partial charge in [0.1, 0.15) is 5.84 Å². The van der Waals surface area contributed by atoms with Gasteiger partial charge in [-0.05, 0) is 24.0 Å². The number of hydrogen-bond donors (Lipinski definition) is 3. The largest absolute Gasteiger partial charge is 0.393 e. The molecule has 18 heavy (non-hydrogen) atoms. The Labute approximate surface area is 108 Å². The minimum absolute atomic E-state index is 0.110. The zero-order chi connectivity index (χ0) is 13.1. The van der Waals surface area contributed by atoms with Crippen molar-refractivity contribution < 1.29 is 5.11 Å². The summed E-state index contributed by atoms with van der Waals surface area (Å²) >= 11 is 0. The van der Waals surface area contributed by atoms with Gasteiger partial charge < -0.3 is 10.8 Å². The smallest absolute Gasteiger partial charge is 0.122 e. The van der Waals surface area contributed by atoms with Gasteiger partial charge in [0.2, 0.25) is 0 Å². The summed E-state index contributed by atoms with van der Waals surface area (Å²) in [5.74, 6) is 0.439. The van der Waals surface area contributed by atoms with E-state index in [2.05, 4.69) is 17.9 Å². The molecule has 1 fully saturated rings. The molecule has 2 rings (SSSR count). The number of nitrogens with one attached hydrogen (secondary N) is 1. The van der Waals surface area contributed by atoms with Crippen molar-refractivity contribution in [2.75, 3.05) is 13.1 Å². The second-order valence-electron chi connectivity index (χ2n) is 5.18. The van der Waals surface area contributed by atoms with Crippen molar-refractivity contribution in [1.29, 1.82) is 5.41 Å². The Morgan fingerprint density at radius 1 is 1.56 bits per heavy atom. The number of nitrogens with two attached hydrogens (primary N) is 1. The van der Waals surface area contributed by atoms with Crippen LogP contribution >= 0.6 is 0 Å². The van der Waals surface area contributed by atoms with E-state index in [1.54, 1.807) is 0 Å². The molecule has 1 saturated heterocycles. The first-order valence-electron chi connectivity index (χ1n) is 6.40. The summed E-state index contributed by atoms with van der Waals surface area (Å²) in [5, 5.41) is 17.1. The summed E-state index contributed by atoms with van der Waals surface area (Å²) < 4.78 is 0. The Balaban J connectivity index is 2.01. The van der Waals surface area contributed by atoms with E-state index in [1.807, 2.05) is 18.2 Å². The lowest BCUT2D eigenvalue weighted by Gasteiger charge is -2.34. The molecular formula is C14H21N3O. The summed E-state index contributed by atoms with van der Waals surface area (Å²) in [6, 6.07) is 7.82. The minimum Gasteiger partial charge on any atom is -0.393 e. The van der Waals surface area contributed by atoms with Gasteiger partial charge in [0.15, 0.2) is 0 Å².